The Morgan fingerprint density at radius 3 is 2.45 bits per heavy atom. The van der Waals surface area contributed by atoms with E-state index in [9.17, 15) is 0 Å². The zero-order valence-corrected chi connectivity index (χ0v) is 13.5. The van der Waals surface area contributed by atoms with E-state index >= 15 is 0 Å². The van der Waals surface area contributed by atoms with Gasteiger partial charge in [0, 0.05) is 18.6 Å². The van der Waals surface area contributed by atoms with Crippen LogP contribution in [0.4, 0.5) is 0 Å². The summed E-state index contributed by atoms with van der Waals surface area (Å²) >= 11 is 0. The number of likely N-dealkylation sites (tertiary alicyclic amines) is 1. The fourth-order valence-corrected chi connectivity index (χ4v) is 3.68. The van der Waals surface area contributed by atoms with Crippen LogP contribution in [-0.4, -0.2) is 31.1 Å². The van der Waals surface area contributed by atoms with Crippen molar-refractivity contribution < 1.29 is 0 Å². The van der Waals surface area contributed by atoms with Crippen molar-refractivity contribution in [3.8, 4) is 0 Å². The van der Waals surface area contributed by atoms with Gasteiger partial charge in [-0.2, -0.15) is 0 Å². The van der Waals surface area contributed by atoms with Crippen molar-refractivity contribution in [3.05, 3.63) is 35.9 Å². The molecule has 3 atom stereocenters. The molecule has 0 saturated carbocycles. The van der Waals surface area contributed by atoms with E-state index in [1.165, 1.54) is 31.5 Å². The minimum atomic E-state index is 0.423. The predicted molar refractivity (Wildman–Crippen MR) is 86.8 cm³/mol. The molecule has 0 spiro atoms. The minimum absolute atomic E-state index is 0.423. The summed E-state index contributed by atoms with van der Waals surface area (Å²) in [5.41, 5.74) is 1.41. The molecule has 1 aromatic carbocycles. The summed E-state index contributed by atoms with van der Waals surface area (Å²) in [5, 5.41) is 3.57. The zero-order valence-electron chi connectivity index (χ0n) is 13.5. The van der Waals surface area contributed by atoms with Gasteiger partial charge in [-0.05, 0) is 37.4 Å². The van der Waals surface area contributed by atoms with Gasteiger partial charge in [0.1, 0.15) is 0 Å². The Hall–Kier alpha value is -0.860. The number of hydrogen-bond donors (Lipinski definition) is 1. The summed E-state index contributed by atoms with van der Waals surface area (Å²) in [6.45, 7) is 9.57. The maximum Gasteiger partial charge on any atom is 0.0478 e. The Morgan fingerprint density at radius 1 is 1.25 bits per heavy atom. The number of benzene rings is 1. The topological polar surface area (TPSA) is 15.3 Å². The molecule has 0 aromatic heterocycles. The molecule has 0 amide bonds. The largest absolute Gasteiger partial charge is 0.312 e. The molecule has 1 aliphatic heterocycles. The maximum absolute atomic E-state index is 3.57. The molecule has 0 aliphatic carbocycles. The molecular formula is C18H30N2. The standard InChI is InChI=1S/C18H30N2/c1-5-15-11-12-20(13-15)18(14(2)3)17(19-4)16-9-7-6-8-10-16/h6-10,14-15,17-19H,5,11-13H2,1-4H3. The monoisotopic (exact) mass is 274 g/mol. The highest BCUT2D eigenvalue weighted by Crippen LogP contribution is 2.31. The van der Waals surface area contributed by atoms with Crippen LogP contribution in [-0.2, 0) is 0 Å². The van der Waals surface area contributed by atoms with Gasteiger partial charge in [-0.3, -0.25) is 4.90 Å². The van der Waals surface area contributed by atoms with E-state index in [1.807, 2.05) is 0 Å². The second-order valence-corrected chi connectivity index (χ2v) is 6.47. The zero-order chi connectivity index (χ0) is 14.5. The molecule has 1 heterocycles. The number of nitrogens with zero attached hydrogens (tertiary/aromatic N) is 1. The summed E-state index contributed by atoms with van der Waals surface area (Å²) in [4.78, 5) is 2.72. The lowest BCUT2D eigenvalue weighted by Gasteiger charge is -2.38. The highest BCUT2D eigenvalue weighted by molar-refractivity contribution is 5.21. The lowest BCUT2D eigenvalue weighted by Crippen LogP contribution is -2.46. The summed E-state index contributed by atoms with van der Waals surface area (Å²) in [7, 11) is 2.10. The highest BCUT2D eigenvalue weighted by Gasteiger charge is 2.34. The molecule has 1 saturated heterocycles. The van der Waals surface area contributed by atoms with Crippen molar-refractivity contribution in [2.24, 2.45) is 11.8 Å². The van der Waals surface area contributed by atoms with E-state index in [2.05, 4.69) is 68.4 Å². The third kappa shape index (κ3) is 3.42. The van der Waals surface area contributed by atoms with E-state index in [4.69, 9.17) is 0 Å². The first-order valence-corrected chi connectivity index (χ1v) is 8.13. The van der Waals surface area contributed by atoms with Gasteiger partial charge < -0.3 is 5.32 Å². The molecular weight excluding hydrogens is 244 g/mol. The van der Waals surface area contributed by atoms with Crippen molar-refractivity contribution >= 4 is 0 Å². The molecule has 1 fully saturated rings. The molecule has 1 N–H and O–H groups in total. The van der Waals surface area contributed by atoms with Gasteiger partial charge in [0.15, 0.2) is 0 Å². The van der Waals surface area contributed by atoms with Crippen molar-refractivity contribution in [1.82, 2.24) is 10.2 Å². The fourth-order valence-electron chi connectivity index (χ4n) is 3.68. The molecule has 2 heteroatoms. The van der Waals surface area contributed by atoms with Crippen molar-refractivity contribution in [2.75, 3.05) is 20.1 Å². The second kappa shape index (κ2) is 7.24. The van der Waals surface area contributed by atoms with Crippen LogP contribution in [0.5, 0.6) is 0 Å². The normalized spacial score (nSPS) is 23.1. The van der Waals surface area contributed by atoms with Gasteiger partial charge >= 0.3 is 0 Å². The SMILES string of the molecule is CCC1CCN(C(C(C)C)C(NC)c2ccccc2)C1. The lowest BCUT2D eigenvalue weighted by molar-refractivity contribution is 0.143. The maximum atomic E-state index is 3.57. The minimum Gasteiger partial charge on any atom is -0.312 e. The molecule has 1 aromatic rings. The van der Waals surface area contributed by atoms with E-state index < -0.39 is 0 Å². The van der Waals surface area contributed by atoms with Crippen LogP contribution in [0.15, 0.2) is 30.3 Å². The van der Waals surface area contributed by atoms with Crippen LogP contribution in [0, 0.1) is 11.8 Å². The van der Waals surface area contributed by atoms with Crippen LogP contribution in [0.25, 0.3) is 0 Å². The van der Waals surface area contributed by atoms with Crippen molar-refractivity contribution in [2.45, 2.75) is 45.7 Å². The summed E-state index contributed by atoms with van der Waals surface area (Å²) < 4.78 is 0. The molecule has 20 heavy (non-hydrogen) atoms. The molecule has 112 valence electrons. The third-order valence-electron chi connectivity index (χ3n) is 4.81. The van der Waals surface area contributed by atoms with Crippen LogP contribution >= 0.6 is 0 Å². The van der Waals surface area contributed by atoms with Gasteiger partial charge in [0.05, 0.1) is 0 Å². The summed E-state index contributed by atoms with van der Waals surface area (Å²) in [6, 6.07) is 11.9. The molecule has 2 nitrogen and oxygen atoms in total. The Balaban J connectivity index is 2.19. The van der Waals surface area contributed by atoms with E-state index in [0.717, 1.165) is 5.92 Å². The Morgan fingerprint density at radius 2 is 1.95 bits per heavy atom. The molecule has 0 bridgehead atoms. The highest BCUT2D eigenvalue weighted by atomic mass is 15.2. The average molecular weight is 274 g/mol. The molecule has 3 unspecified atom stereocenters. The van der Waals surface area contributed by atoms with Gasteiger partial charge in [-0.1, -0.05) is 57.5 Å². The van der Waals surface area contributed by atoms with Gasteiger partial charge in [0.25, 0.3) is 0 Å². The molecule has 0 radical (unpaired) electrons. The Labute approximate surface area is 124 Å². The van der Waals surface area contributed by atoms with Crippen molar-refractivity contribution in [3.63, 3.8) is 0 Å². The summed E-state index contributed by atoms with van der Waals surface area (Å²) in [6.07, 6.45) is 2.68. The Kier molecular flexibility index (Phi) is 5.62. The Bertz CT molecular complexity index is 388. The van der Waals surface area contributed by atoms with Gasteiger partial charge in [-0.15, -0.1) is 0 Å². The lowest BCUT2D eigenvalue weighted by atomic mass is 9.90. The first-order chi connectivity index (χ1) is 9.67. The molecule has 2 rings (SSSR count). The van der Waals surface area contributed by atoms with E-state index in [1.54, 1.807) is 0 Å². The number of nitrogens with one attached hydrogen (secondary N) is 1. The first-order valence-electron chi connectivity index (χ1n) is 8.13. The smallest absolute Gasteiger partial charge is 0.0478 e. The van der Waals surface area contributed by atoms with Crippen LogP contribution < -0.4 is 5.32 Å². The quantitative estimate of drug-likeness (QED) is 0.851. The first kappa shape index (κ1) is 15.5. The number of hydrogen-bond acceptors (Lipinski definition) is 2. The molecule has 1 aliphatic rings. The number of likely N-dealkylation sites (N-methyl/N-ethyl adjacent to an activating group) is 1. The predicted octanol–water partition coefficient (Wildman–Crippen LogP) is 3.70. The van der Waals surface area contributed by atoms with Gasteiger partial charge in [-0.25, -0.2) is 0 Å². The van der Waals surface area contributed by atoms with Crippen LogP contribution in [0.2, 0.25) is 0 Å². The second-order valence-electron chi connectivity index (χ2n) is 6.47. The van der Waals surface area contributed by atoms with Crippen LogP contribution in [0.3, 0.4) is 0 Å². The van der Waals surface area contributed by atoms with Crippen LogP contribution in [0.1, 0.15) is 45.2 Å². The average Bonchev–Trinajstić information content (AvgIpc) is 2.93. The number of rotatable bonds is 6. The van der Waals surface area contributed by atoms with Gasteiger partial charge in [0.2, 0.25) is 0 Å². The van der Waals surface area contributed by atoms with E-state index in [-0.39, 0.29) is 0 Å². The third-order valence-corrected chi connectivity index (χ3v) is 4.81. The van der Waals surface area contributed by atoms with E-state index in [0.29, 0.717) is 18.0 Å². The summed E-state index contributed by atoms with van der Waals surface area (Å²) in [5.74, 6) is 1.55. The van der Waals surface area contributed by atoms with Crippen molar-refractivity contribution in [1.29, 1.82) is 0 Å². The fraction of sp³-hybridized carbons (Fsp3) is 0.667.